The molecule has 0 unspecified atom stereocenters. The number of carbonyl (C=O) groups is 1. The molecule has 2 fully saturated rings. The summed E-state index contributed by atoms with van der Waals surface area (Å²) in [5, 5.41) is 13.7. The summed E-state index contributed by atoms with van der Waals surface area (Å²) in [4.78, 5) is 12.3. The third-order valence-corrected chi connectivity index (χ3v) is 5.29. The maximum Gasteiger partial charge on any atom is 0.244 e. The normalized spacial score (nSPS) is 29.1. The quantitative estimate of drug-likeness (QED) is 0.648. The third kappa shape index (κ3) is 3.05. The Balaban J connectivity index is 1.59. The first-order valence-electron chi connectivity index (χ1n) is 8.35. The lowest BCUT2D eigenvalue weighted by Gasteiger charge is -2.15. The maximum absolute atomic E-state index is 12.3. The largest absolute Gasteiger partial charge is 0.504 e. The Kier molecular flexibility index (Phi) is 4.28. The molecule has 0 spiro atoms. The van der Waals surface area contributed by atoms with Gasteiger partial charge < -0.3 is 9.84 Å². The summed E-state index contributed by atoms with van der Waals surface area (Å²) in [5.41, 5.74) is 3.63. The van der Waals surface area contributed by atoms with Gasteiger partial charge in [-0.3, -0.25) is 4.79 Å². The Bertz CT molecular complexity index is 629. The molecule has 1 aromatic carbocycles. The molecule has 3 atom stereocenters. The number of nitrogens with zero attached hydrogens (tertiary/aromatic N) is 1. The first-order chi connectivity index (χ1) is 11.1. The molecule has 0 aliphatic heterocycles. The SMILES string of the molecule is CCOc1cc(/C=N/NC(=O)[C@@H]2[C@H]3CCCC[C@]32C)ccc1O. The van der Waals surface area contributed by atoms with Crippen LogP contribution in [-0.2, 0) is 4.79 Å². The zero-order valence-electron chi connectivity index (χ0n) is 13.7. The molecule has 0 aromatic heterocycles. The molecule has 23 heavy (non-hydrogen) atoms. The maximum atomic E-state index is 12.3. The molecule has 3 rings (SSSR count). The average Bonchev–Trinajstić information content (AvgIpc) is 3.16. The van der Waals surface area contributed by atoms with E-state index in [-0.39, 0.29) is 23.0 Å². The summed E-state index contributed by atoms with van der Waals surface area (Å²) in [6, 6.07) is 4.99. The van der Waals surface area contributed by atoms with Crippen molar-refractivity contribution in [1.82, 2.24) is 5.43 Å². The zero-order valence-corrected chi connectivity index (χ0v) is 13.7. The number of fused-ring (bicyclic) bond motifs is 1. The van der Waals surface area contributed by atoms with E-state index in [9.17, 15) is 9.90 Å². The summed E-state index contributed by atoms with van der Waals surface area (Å²) in [5.74, 6) is 1.19. The van der Waals surface area contributed by atoms with Gasteiger partial charge in [-0.25, -0.2) is 5.43 Å². The minimum Gasteiger partial charge on any atom is -0.504 e. The van der Waals surface area contributed by atoms with E-state index >= 15 is 0 Å². The van der Waals surface area contributed by atoms with Crippen molar-refractivity contribution in [3.8, 4) is 11.5 Å². The number of amides is 1. The van der Waals surface area contributed by atoms with Gasteiger partial charge in [0, 0.05) is 5.92 Å². The van der Waals surface area contributed by atoms with Crippen LogP contribution in [0, 0.1) is 17.3 Å². The smallest absolute Gasteiger partial charge is 0.244 e. The van der Waals surface area contributed by atoms with Crippen LogP contribution in [0.4, 0.5) is 0 Å². The van der Waals surface area contributed by atoms with Gasteiger partial charge in [0.2, 0.25) is 5.91 Å². The van der Waals surface area contributed by atoms with Crippen LogP contribution in [0.1, 0.15) is 45.1 Å². The number of hydrogen-bond acceptors (Lipinski definition) is 4. The van der Waals surface area contributed by atoms with Crippen LogP contribution >= 0.6 is 0 Å². The van der Waals surface area contributed by atoms with Crippen molar-refractivity contribution in [3.63, 3.8) is 0 Å². The van der Waals surface area contributed by atoms with Gasteiger partial charge in [-0.15, -0.1) is 0 Å². The molecule has 0 radical (unpaired) electrons. The molecule has 2 aliphatic carbocycles. The molecule has 2 saturated carbocycles. The lowest BCUT2D eigenvalue weighted by atomic mass is 9.90. The highest BCUT2D eigenvalue weighted by atomic mass is 16.5. The predicted molar refractivity (Wildman–Crippen MR) is 88.6 cm³/mol. The highest BCUT2D eigenvalue weighted by Gasteiger charge is 2.64. The van der Waals surface area contributed by atoms with Crippen molar-refractivity contribution in [2.24, 2.45) is 22.4 Å². The molecule has 2 aliphatic rings. The Morgan fingerprint density at radius 3 is 3.04 bits per heavy atom. The minimum absolute atomic E-state index is 0.0273. The first-order valence-corrected chi connectivity index (χ1v) is 8.35. The number of carbonyl (C=O) groups excluding carboxylic acids is 1. The minimum atomic E-state index is 0.0273. The third-order valence-electron chi connectivity index (χ3n) is 5.29. The summed E-state index contributed by atoms with van der Waals surface area (Å²) in [6.45, 7) is 4.56. The van der Waals surface area contributed by atoms with E-state index in [1.54, 1.807) is 24.4 Å². The predicted octanol–water partition coefficient (Wildman–Crippen LogP) is 3.07. The van der Waals surface area contributed by atoms with Crippen LogP contribution in [0.2, 0.25) is 0 Å². The van der Waals surface area contributed by atoms with Crippen molar-refractivity contribution in [2.75, 3.05) is 6.61 Å². The number of phenolic OH excluding ortho intramolecular Hbond substituents is 1. The van der Waals surface area contributed by atoms with E-state index in [1.807, 2.05) is 6.92 Å². The van der Waals surface area contributed by atoms with Gasteiger partial charge in [0.05, 0.1) is 12.8 Å². The van der Waals surface area contributed by atoms with Crippen LogP contribution in [0.25, 0.3) is 0 Å². The monoisotopic (exact) mass is 316 g/mol. The van der Waals surface area contributed by atoms with Gasteiger partial charge in [0.25, 0.3) is 0 Å². The van der Waals surface area contributed by atoms with Crippen LogP contribution in [0.3, 0.4) is 0 Å². The fourth-order valence-electron chi connectivity index (χ4n) is 3.97. The standard InChI is InChI=1S/C18H24N2O3/c1-3-23-15-10-12(7-8-14(15)21)11-19-20-17(22)16-13-6-4-5-9-18(13,16)2/h7-8,10-11,13,16,21H,3-6,9H2,1-2H3,(H,20,22)/b19-11+/t13-,16+,18-/m1/s1. The molecule has 0 bridgehead atoms. The second kappa shape index (κ2) is 6.22. The summed E-state index contributed by atoms with van der Waals surface area (Å²) in [7, 11) is 0. The van der Waals surface area contributed by atoms with Crippen molar-refractivity contribution >= 4 is 12.1 Å². The molecule has 0 saturated heterocycles. The Morgan fingerprint density at radius 1 is 1.52 bits per heavy atom. The van der Waals surface area contributed by atoms with E-state index in [0.717, 1.165) is 18.4 Å². The lowest BCUT2D eigenvalue weighted by Crippen LogP contribution is -2.22. The number of ether oxygens (including phenoxy) is 1. The van der Waals surface area contributed by atoms with Gasteiger partial charge in [0.15, 0.2) is 11.5 Å². The van der Waals surface area contributed by atoms with Gasteiger partial charge in [-0.2, -0.15) is 5.10 Å². The number of aromatic hydroxyl groups is 1. The van der Waals surface area contributed by atoms with Crippen molar-refractivity contribution in [3.05, 3.63) is 23.8 Å². The van der Waals surface area contributed by atoms with Gasteiger partial charge in [-0.1, -0.05) is 19.8 Å². The second-order valence-electron chi connectivity index (χ2n) is 6.73. The highest BCUT2D eigenvalue weighted by molar-refractivity contribution is 5.86. The van der Waals surface area contributed by atoms with E-state index in [0.29, 0.717) is 18.3 Å². The fraction of sp³-hybridized carbons (Fsp3) is 0.556. The second-order valence-corrected chi connectivity index (χ2v) is 6.73. The van der Waals surface area contributed by atoms with E-state index in [4.69, 9.17) is 4.74 Å². The molecule has 1 amide bonds. The van der Waals surface area contributed by atoms with Crippen LogP contribution in [-0.4, -0.2) is 23.8 Å². The molecular weight excluding hydrogens is 292 g/mol. The van der Waals surface area contributed by atoms with Gasteiger partial charge >= 0.3 is 0 Å². The molecule has 1 aromatic rings. The van der Waals surface area contributed by atoms with Crippen LogP contribution < -0.4 is 10.2 Å². The first kappa shape index (κ1) is 15.8. The van der Waals surface area contributed by atoms with Crippen LogP contribution in [0.5, 0.6) is 11.5 Å². The zero-order chi connectivity index (χ0) is 16.4. The Hall–Kier alpha value is -2.04. The van der Waals surface area contributed by atoms with Crippen molar-refractivity contribution in [1.29, 1.82) is 0 Å². The van der Waals surface area contributed by atoms with E-state index in [2.05, 4.69) is 17.5 Å². The molecule has 0 heterocycles. The van der Waals surface area contributed by atoms with Crippen molar-refractivity contribution < 1.29 is 14.6 Å². The summed E-state index contributed by atoms with van der Waals surface area (Å²) in [6.07, 6.45) is 6.35. The summed E-state index contributed by atoms with van der Waals surface area (Å²) < 4.78 is 5.33. The Labute approximate surface area is 136 Å². The van der Waals surface area contributed by atoms with Gasteiger partial charge in [0.1, 0.15) is 0 Å². The van der Waals surface area contributed by atoms with Crippen LogP contribution in [0.15, 0.2) is 23.3 Å². The fourth-order valence-corrected chi connectivity index (χ4v) is 3.97. The number of nitrogens with one attached hydrogen (secondary N) is 1. The summed E-state index contributed by atoms with van der Waals surface area (Å²) >= 11 is 0. The number of rotatable bonds is 5. The molecular formula is C18H24N2O3. The van der Waals surface area contributed by atoms with E-state index < -0.39 is 0 Å². The Morgan fingerprint density at radius 2 is 2.35 bits per heavy atom. The number of hydrazone groups is 1. The topological polar surface area (TPSA) is 70.9 Å². The van der Waals surface area contributed by atoms with E-state index in [1.165, 1.54) is 12.8 Å². The highest BCUT2D eigenvalue weighted by Crippen LogP contribution is 2.66. The van der Waals surface area contributed by atoms with Gasteiger partial charge in [-0.05, 0) is 54.9 Å². The lowest BCUT2D eigenvalue weighted by molar-refractivity contribution is -0.123. The molecule has 5 nitrogen and oxygen atoms in total. The molecule has 2 N–H and O–H groups in total. The number of benzene rings is 1. The van der Waals surface area contributed by atoms with Crippen molar-refractivity contribution in [2.45, 2.75) is 39.5 Å². The molecule has 5 heteroatoms. The molecule has 124 valence electrons. The number of hydrogen-bond donors (Lipinski definition) is 2. The average molecular weight is 316 g/mol. The number of phenols is 1.